The molecule has 1 aromatic carbocycles. The summed E-state index contributed by atoms with van der Waals surface area (Å²) in [6.45, 7) is 2.14. The molecule has 2 rings (SSSR count). The number of esters is 1. The van der Waals surface area contributed by atoms with Crippen molar-refractivity contribution in [2.24, 2.45) is 0 Å². The third-order valence-corrected chi connectivity index (χ3v) is 3.78. The monoisotopic (exact) mass is 308 g/mol. The van der Waals surface area contributed by atoms with Crippen LogP contribution >= 0.6 is 11.8 Å². The molecule has 0 amide bonds. The van der Waals surface area contributed by atoms with Gasteiger partial charge in [-0.3, -0.25) is 4.79 Å². The molecule has 0 atom stereocenters. The van der Waals surface area contributed by atoms with Gasteiger partial charge < -0.3 is 13.9 Å². The van der Waals surface area contributed by atoms with Crippen molar-refractivity contribution < 1.29 is 18.7 Å². The van der Waals surface area contributed by atoms with Gasteiger partial charge in [0.05, 0.1) is 19.5 Å². The van der Waals surface area contributed by atoms with Gasteiger partial charge in [-0.1, -0.05) is 0 Å². The zero-order valence-electron chi connectivity index (χ0n) is 11.9. The van der Waals surface area contributed by atoms with Crippen molar-refractivity contribution in [3.8, 4) is 5.75 Å². The van der Waals surface area contributed by atoms with E-state index < -0.39 is 5.63 Å². The number of benzene rings is 1. The Morgan fingerprint density at radius 3 is 2.86 bits per heavy atom. The summed E-state index contributed by atoms with van der Waals surface area (Å²) in [4.78, 5) is 22.9. The van der Waals surface area contributed by atoms with E-state index in [0.29, 0.717) is 23.7 Å². The van der Waals surface area contributed by atoms with Gasteiger partial charge in [0.2, 0.25) is 0 Å². The summed E-state index contributed by atoms with van der Waals surface area (Å²) in [5.74, 6) is 1.16. The van der Waals surface area contributed by atoms with E-state index in [9.17, 15) is 9.59 Å². The molecule has 0 unspecified atom stereocenters. The lowest BCUT2D eigenvalue weighted by atomic mass is 10.1. The third kappa shape index (κ3) is 4.01. The van der Waals surface area contributed by atoms with Gasteiger partial charge in [-0.05, 0) is 24.6 Å². The second-order valence-electron chi connectivity index (χ2n) is 4.25. The van der Waals surface area contributed by atoms with Crippen LogP contribution < -0.4 is 10.4 Å². The van der Waals surface area contributed by atoms with E-state index in [4.69, 9.17) is 13.9 Å². The Labute approximate surface area is 126 Å². The number of methoxy groups -OCH3 is 1. The quantitative estimate of drug-likeness (QED) is 0.603. The molecule has 0 aliphatic rings. The fourth-order valence-corrected chi connectivity index (χ4v) is 2.71. The van der Waals surface area contributed by atoms with Crippen LogP contribution in [0.2, 0.25) is 0 Å². The number of carbonyl (C=O) groups excluding carboxylic acids is 1. The zero-order chi connectivity index (χ0) is 15.2. The predicted molar refractivity (Wildman–Crippen MR) is 81.8 cm³/mol. The number of rotatable bonds is 6. The van der Waals surface area contributed by atoms with Crippen molar-refractivity contribution in [2.45, 2.75) is 12.7 Å². The highest BCUT2D eigenvalue weighted by molar-refractivity contribution is 7.99. The van der Waals surface area contributed by atoms with Gasteiger partial charge >= 0.3 is 11.6 Å². The minimum absolute atomic E-state index is 0.253. The molecular weight excluding hydrogens is 292 g/mol. The standard InChI is InChI=1S/C15H16O5S/c1-3-19-15(17)9-21-8-10-6-14(16)20-13-7-11(18-2)4-5-12(10)13/h4-7H,3,8-9H2,1-2H3. The summed E-state index contributed by atoms with van der Waals surface area (Å²) in [7, 11) is 1.55. The van der Waals surface area contributed by atoms with Crippen LogP contribution in [-0.4, -0.2) is 25.4 Å². The molecule has 0 saturated heterocycles. The molecule has 0 saturated carbocycles. The molecule has 0 radical (unpaired) electrons. The molecule has 0 spiro atoms. The molecule has 6 heteroatoms. The Kier molecular flexibility index (Phi) is 5.27. The molecule has 0 aliphatic carbocycles. The molecule has 0 aliphatic heterocycles. The molecule has 5 nitrogen and oxygen atoms in total. The van der Waals surface area contributed by atoms with Gasteiger partial charge in [-0.25, -0.2) is 4.79 Å². The van der Waals surface area contributed by atoms with E-state index in [1.807, 2.05) is 12.1 Å². The van der Waals surface area contributed by atoms with Crippen LogP contribution in [0.1, 0.15) is 12.5 Å². The fourth-order valence-electron chi connectivity index (χ4n) is 1.90. The third-order valence-electron chi connectivity index (χ3n) is 2.82. The maximum Gasteiger partial charge on any atom is 0.336 e. The summed E-state index contributed by atoms with van der Waals surface area (Å²) < 4.78 is 15.2. The Hall–Kier alpha value is -1.95. The maximum atomic E-state index is 11.6. The van der Waals surface area contributed by atoms with E-state index in [2.05, 4.69) is 0 Å². The number of ether oxygens (including phenoxy) is 2. The molecule has 0 N–H and O–H groups in total. The Bertz CT molecular complexity index is 692. The van der Waals surface area contributed by atoms with Gasteiger partial charge in [0.25, 0.3) is 0 Å². The summed E-state index contributed by atoms with van der Waals surface area (Å²) in [5.41, 5.74) is 0.897. The Morgan fingerprint density at radius 2 is 2.14 bits per heavy atom. The van der Waals surface area contributed by atoms with Gasteiger partial charge in [-0.2, -0.15) is 0 Å². The normalized spacial score (nSPS) is 10.6. The first-order chi connectivity index (χ1) is 10.1. The average Bonchev–Trinajstić information content (AvgIpc) is 2.46. The van der Waals surface area contributed by atoms with Crippen LogP contribution in [0.15, 0.2) is 33.5 Å². The maximum absolute atomic E-state index is 11.6. The molecule has 1 heterocycles. The second-order valence-corrected chi connectivity index (χ2v) is 5.24. The van der Waals surface area contributed by atoms with Crippen LogP contribution in [0, 0.1) is 0 Å². The number of carbonyl (C=O) groups is 1. The molecular formula is C15H16O5S. The van der Waals surface area contributed by atoms with Gasteiger partial charge in [-0.15, -0.1) is 11.8 Å². The fraction of sp³-hybridized carbons (Fsp3) is 0.333. The van der Waals surface area contributed by atoms with Crippen molar-refractivity contribution in [1.82, 2.24) is 0 Å². The van der Waals surface area contributed by atoms with Crippen LogP contribution in [-0.2, 0) is 15.3 Å². The minimum Gasteiger partial charge on any atom is -0.497 e. The minimum atomic E-state index is -0.414. The van der Waals surface area contributed by atoms with Gasteiger partial charge in [0.1, 0.15) is 11.3 Å². The van der Waals surface area contributed by atoms with Crippen molar-refractivity contribution in [3.05, 3.63) is 40.2 Å². The van der Waals surface area contributed by atoms with Crippen LogP contribution in [0.4, 0.5) is 0 Å². The number of thioether (sulfide) groups is 1. The second kappa shape index (κ2) is 7.17. The highest BCUT2D eigenvalue weighted by Gasteiger charge is 2.08. The summed E-state index contributed by atoms with van der Waals surface area (Å²) in [6, 6.07) is 6.78. The highest BCUT2D eigenvalue weighted by Crippen LogP contribution is 2.25. The summed E-state index contributed by atoms with van der Waals surface area (Å²) in [5, 5.41) is 0.840. The van der Waals surface area contributed by atoms with E-state index in [1.165, 1.54) is 17.8 Å². The van der Waals surface area contributed by atoms with Gasteiger partial charge in [0, 0.05) is 23.3 Å². The number of hydrogen-bond donors (Lipinski definition) is 0. The van der Waals surface area contributed by atoms with Crippen LogP contribution in [0.5, 0.6) is 5.75 Å². The molecule has 2 aromatic rings. The van der Waals surface area contributed by atoms with E-state index in [-0.39, 0.29) is 11.7 Å². The molecule has 0 bridgehead atoms. The smallest absolute Gasteiger partial charge is 0.336 e. The lowest BCUT2D eigenvalue weighted by Crippen LogP contribution is -2.07. The van der Waals surface area contributed by atoms with Crippen LogP contribution in [0.25, 0.3) is 11.0 Å². The van der Waals surface area contributed by atoms with Crippen molar-refractivity contribution in [1.29, 1.82) is 0 Å². The van der Waals surface area contributed by atoms with E-state index >= 15 is 0 Å². The zero-order valence-corrected chi connectivity index (χ0v) is 12.7. The predicted octanol–water partition coefficient (Wildman–Crippen LogP) is 2.60. The van der Waals surface area contributed by atoms with Gasteiger partial charge in [0.15, 0.2) is 0 Å². The molecule has 21 heavy (non-hydrogen) atoms. The lowest BCUT2D eigenvalue weighted by Gasteiger charge is -2.07. The molecule has 0 fully saturated rings. The van der Waals surface area contributed by atoms with Crippen molar-refractivity contribution in [3.63, 3.8) is 0 Å². The summed E-state index contributed by atoms with van der Waals surface area (Å²) >= 11 is 1.40. The summed E-state index contributed by atoms with van der Waals surface area (Å²) in [6.07, 6.45) is 0. The first-order valence-electron chi connectivity index (χ1n) is 6.48. The van der Waals surface area contributed by atoms with Crippen molar-refractivity contribution in [2.75, 3.05) is 19.5 Å². The van der Waals surface area contributed by atoms with Crippen molar-refractivity contribution >= 4 is 28.7 Å². The molecule has 112 valence electrons. The lowest BCUT2D eigenvalue weighted by molar-refractivity contribution is -0.139. The Morgan fingerprint density at radius 1 is 1.33 bits per heavy atom. The number of hydrogen-bond acceptors (Lipinski definition) is 6. The number of fused-ring (bicyclic) bond motifs is 1. The largest absolute Gasteiger partial charge is 0.497 e. The van der Waals surface area contributed by atoms with E-state index in [0.717, 1.165) is 10.9 Å². The average molecular weight is 308 g/mol. The topological polar surface area (TPSA) is 65.7 Å². The Balaban J connectivity index is 2.19. The first kappa shape index (κ1) is 15.4. The first-order valence-corrected chi connectivity index (χ1v) is 7.63. The molecule has 1 aromatic heterocycles. The van der Waals surface area contributed by atoms with E-state index in [1.54, 1.807) is 20.1 Å². The highest BCUT2D eigenvalue weighted by atomic mass is 32.2. The van der Waals surface area contributed by atoms with Crippen LogP contribution in [0.3, 0.4) is 0 Å². The SMILES string of the molecule is CCOC(=O)CSCc1cc(=O)oc2cc(OC)ccc12.